The van der Waals surface area contributed by atoms with E-state index < -0.39 is 9.84 Å². The average Bonchev–Trinajstić information content (AvgIpc) is 2.55. The fourth-order valence-corrected chi connectivity index (χ4v) is 2.98. The first-order valence-corrected chi connectivity index (χ1v) is 9.47. The molecule has 0 aliphatic carbocycles. The summed E-state index contributed by atoms with van der Waals surface area (Å²) in [6.45, 7) is 0.515. The van der Waals surface area contributed by atoms with Gasteiger partial charge in [-0.05, 0) is 35.7 Å². The number of methoxy groups -OCH3 is 1. The number of carbonyl (C=O) groups is 1. The minimum absolute atomic E-state index is 0.1000. The van der Waals surface area contributed by atoms with Crippen molar-refractivity contribution in [1.29, 1.82) is 0 Å². The number of nitrogens with one attached hydrogen (secondary N) is 1. The van der Waals surface area contributed by atoms with Gasteiger partial charge in [0.1, 0.15) is 5.75 Å². The van der Waals surface area contributed by atoms with Gasteiger partial charge in [0.25, 0.3) is 0 Å². The zero-order chi connectivity index (χ0) is 17.6. The van der Waals surface area contributed by atoms with Gasteiger partial charge in [0.15, 0.2) is 9.84 Å². The Morgan fingerprint density at radius 1 is 1.08 bits per heavy atom. The molecule has 2 aromatic carbocycles. The van der Waals surface area contributed by atoms with Gasteiger partial charge in [-0.1, -0.05) is 30.3 Å². The van der Waals surface area contributed by atoms with Crippen LogP contribution in [-0.2, 0) is 27.5 Å². The van der Waals surface area contributed by atoms with E-state index in [0.717, 1.165) is 23.1 Å². The molecule has 128 valence electrons. The van der Waals surface area contributed by atoms with Crippen LogP contribution in [0.4, 0.5) is 0 Å². The van der Waals surface area contributed by atoms with Crippen LogP contribution < -0.4 is 10.1 Å². The van der Waals surface area contributed by atoms with E-state index in [2.05, 4.69) is 5.32 Å². The Labute approximate surface area is 142 Å². The van der Waals surface area contributed by atoms with E-state index in [1.807, 2.05) is 24.3 Å². The van der Waals surface area contributed by atoms with E-state index in [1.54, 1.807) is 19.2 Å². The maximum absolute atomic E-state index is 12.0. The Bertz CT molecular complexity index is 798. The number of rotatable bonds is 7. The molecule has 1 amide bonds. The van der Waals surface area contributed by atoms with E-state index >= 15 is 0 Å². The highest BCUT2D eigenvalue weighted by atomic mass is 32.2. The summed E-state index contributed by atoms with van der Waals surface area (Å²) in [5.41, 5.74) is 1.81. The molecule has 0 aliphatic rings. The summed E-state index contributed by atoms with van der Waals surface area (Å²) in [6.07, 6.45) is 2.06. The maximum Gasteiger partial charge on any atom is 0.224 e. The molecule has 0 spiro atoms. The standard InChI is InChI=1S/C18H21NO4S/c1-23-17-6-4-3-5-15(17)11-12-19-18(20)13-14-7-9-16(10-8-14)24(2,21)22/h3-10H,11-13H2,1-2H3,(H,19,20). The predicted octanol–water partition coefficient (Wildman–Crippen LogP) is 2.00. The third-order valence-electron chi connectivity index (χ3n) is 3.63. The normalized spacial score (nSPS) is 11.1. The van der Waals surface area contributed by atoms with Crippen LogP contribution in [0, 0.1) is 0 Å². The van der Waals surface area contributed by atoms with E-state index in [0.29, 0.717) is 13.0 Å². The van der Waals surface area contributed by atoms with Crippen molar-refractivity contribution in [2.75, 3.05) is 19.9 Å². The van der Waals surface area contributed by atoms with Crippen molar-refractivity contribution >= 4 is 15.7 Å². The van der Waals surface area contributed by atoms with Crippen LogP contribution in [0.15, 0.2) is 53.4 Å². The number of sulfone groups is 1. The Morgan fingerprint density at radius 3 is 2.38 bits per heavy atom. The van der Waals surface area contributed by atoms with Gasteiger partial charge in [0.2, 0.25) is 5.91 Å². The first kappa shape index (κ1) is 18.0. The highest BCUT2D eigenvalue weighted by Gasteiger charge is 2.08. The number of amides is 1. The van der Waals surface area contributed by atoms with Crippen molar-refractivity contribution in [3.63, 3.8) is 0 Å². The number of carbonyl (C=O) groups excluding carboxylic acids is 1. The van der Waals surface area contributed by atoms with Crippen LogP contribution in [0.3, 0.4) is 0 Å². The van der Waals surface area contributed by atoms with Crippen LogP contribution in [0.5, 0.6) is 5.75 Å². The molecule has 6 heteroatoms. The molecule has 0 saturated heterocycles. The smallest absolute Gasteiger partial charge is 0.224 e. The van der Waals surface area contributed by atoms with Gasteiger partial charge in [0.05, 0.1) is 18.4 Å². The molecule has 2 rings (SSSR count). The van der Waals surface area contributed by atoms with E-state index in [1.165, 1.54) is 12.1 Å². The summed E-state index contributed by atoms with van der Waals surface area (Å²) in [5, 5.41) is 2.86. The first-order valence-electron chi connectivity index (χ1n) is 7.58. The fourth-order valence-electron chi connectivity index (χ4n) is 2.35. The minimum Gasteiger partial charge on any atom is -0.496 e. The molecule has 0 radical (unpaired) electrons. The second-order valence-corrected chi connectivity index (χ2v) is 7.52. The van der Waals surface area contributed by atoms with Crippen LogP contribution in [-0.4, -0.2) is 34.2 Å². The summed E-state index contributed by atoms with van der Waals surface area (Å²) < 4.78 is 28.1. The van der Waals surface area contributed by atoms with Gasteiger partial charge < -0.3 is 10.1 Å². The molecule has 0 aromatic heterocycles. The lowest BCUT2D eigenvalue weighted by Gasteiger charge is -2.09. The van der Waals surface area contributed by atoms with Crippen molar-refractivity contribution in [2.24, 2.45) is 0 Å². The Hall–Kier alpha value is -2.34. The Kier molecular flexibility index (Phi) is 5.98. The molecule has 0 aliphatic heterocycles. The molecule has 0 saturated carbocycles. The van der Waals surface area contributed by atoms with Crippen LogP contribution >= 0.6 is 0 Å². The highest BCUT2D eigenvalue weighted by Crippen LogP contribution is 2.17. The first-order chi connectivity index (χ1) is 11.4. The van der Waals surface area contributed by atoms with Crippen molar-refractivity contribution in [3.8, 4) is 5.75 Å². The average molecular weight is 347 g/mol. The quantitative estimate of drug-likeness (QED) is 0.831. The largest absolute Gasteiger partial charge is 0.496 e. The predicted molar refractivity (Wildman–Crippen MR) is 93.0 cm³/mol. The number of hydrogen-bond donors (Lipinski definition) is 1. The topological polar surface area (TPSA) is 72.5 Å². The van der Waals surface area contributed by atoms with Crippen LogP contribution in [0.1, 0.15) is 11.1 Å². The zero-order valence-corrected chi connectivity index (χ0v) is 14.6. The summed E-state index contributed by atoms with van der Waals surface area (Å²) in [5.74, 6) is 0.708. The number of para-hydroxylation sites is 1. The second-order valence-electron chi connectivity index (χ2n) is 5.50. The van der Waals surface area contributed by atoms with Gasteiger partial charge in [0, 0.05) is 12.8 Å². The molecule has 1 N–H and O–H groups in total. The van der Waals surface area contributed by atoms with Gasteiger partial charge in [-0.2, -0.15) is 0 Å². The molecular weight excluding hydrogens is 326 g/mol. The molecule has 0 atom stereocenters. The fraction of sp³-hybridized carbons (Fsp3) is 0.278. The number of hydrogen-bond acceptors (Lipinski definition) is 4. The summed E-state index contributed by atoms with van der Waals surface area (Å²) in [6, 6.07) is 14.1. The van der Waals surface area contributed by atoms with Gasteiger partial charge in [-0.3, -0.25) is 4.79 Å². The van der Waals surface area contributed by atoms with Gasteiger partial charge in [-0.15, -0.1) is 0 Å². The zero-order valence-electron chi connectivity index (χ0n) is 13.8. The number of ether oxygens (including phenoxy) is 1. The number of benzene rings is 2. The van der Waals surface area contributed by atoms with E-state index in [-0.39, 0.29) is 17.2 Å². The summed E-state index contributed by atoms with van der Waals surface area (Å²) in [7, 11) is -1.59. The molecule has 0 bridgehead atoms. The van der Waals surface area contributed by atoms with Crippen LogP contribution in [0.2, 0.25) is 0 Å². The molecule has 0 fully saturated rings. The van der Waals surface area contributed by atoms with E-state index in [4.69, 9.17) is 4.74 Å². The lowest BCUT2D eigenvalue weighted by molar-refractivity contribution is -0.120. The third kappa shape index (κ3) is 5.09. The van der Waals surface area contributed by atoms with Crippen molar-refractivity contribution in [2.45, 2.75) is 17.7 Å². The SMILES string of the molecule is COc1ccccc1CCNC(=O)Cc1ccc(S(C)(=O)=O)cc1. The molecule has 2 aromatic rings. The molecular formula is C18H21NO4S. The second kappa shape index (κ2) is 7.97. The lowest BCUT2D eigenvalue weighted by atomic mass is 10.1. The minimum atomic E-state index is -3.21. The van der Waals surface area contributed by atoms with E-state index in [9.17, 15) is 13.2 Å². The molecule has 0 unspecified atom stereocenters. The van der Waals surface area contributed by atoms with Crippen LogP contribution in [0.25, 0.3) is 0 Å². The Balaban J connectivity index is 1.85. The lowest BCUT2D eigenvalue weighted by Crippen LogP contribution is -2.27. The monoisotopic (exact) mass is 347 g/mol. The van der Waals surface area contributed by atoms with Gasteiger partial charge >= 0.3 is 0 Å². The molecule has 5 nitrogen and oxygen atoms in total. The third-order valence-corrected chi connectivity index (χ3v) is 4.75. The molecule has 0 heterocycles. The highest BCUT2D eigenvalue weighted by molar-refractivity contribution is 7.90. The maximum atomic E-state index is 12.0. The van der Waals surface area contributed by atoms with Crippen molar-refractivity contribution in [3.05, 3.63) is 59.7 Å². The van der Waals surface area contributed by atoms with Crippen molar-refractivity contribution < 1.29 is 17.9 Å². The van der Waals surface area contributed by atoms with Gasteiger partial charge in [-0.25, -0.2) is 8.42 Å². The summed E-state index contributed by atoms with van der Waals surface area (Å²) >= 11 is 0. The van der Waals surface area contributed by atoms with Crippen molar-refractivity contribution in [1.82, 2.24) is 5.32 Å². The molecule has 24 heavy (non-hydrogen) atoms. The summed E-state index contributed by atoms with van der Waals surface area (Å²) in [4.78, 5) is 12.2. The Morgan fingerprint density at radius 2 is 1.75 bits per heavy atom.